The molecule has 2 aromatic rings. The van der Waals surface area contributed by atoms with Gasteiger partial charge in [0, 0.05) is 5.69 Å². The molecule has 0 atom stereocenters. The fraction of sp³-hybridized carbons (Fsp3) is 0.278. The standard InChI is InChI=1S/C18H22N2O2/c1-14-8-9-15(2)17(12-14)20-13-18(21)19-10-11-22-16-6-4-3-5-7-16/h3-9,12,20H,10-11,13H2,1-2H3,(H,19,21). The van der Waals surface area contributed by atoms with Gasteiger partial charge in [-0.25, -0.2) is 0 Å². The highest BCUT2D eigenvalue weighted by Crippen LogP contribution is 2.15. The van der Waals surface area contributed by atoms with E-state index in [1.165, 1.54) is 5.56 Å². The first-order valence-corrected chi connectivity index (χ1v) is 7.41. The number of nitrogens with one attached hydrogen (secondary N) is 2. The lowest BCUT2D eigenvalue weighted by molar-refractivity contribution is -0.119. The van der Waals surface area contributed by atoms with Crippen LogP contribution in [0.2, 0.25) is 0 Å². The third-order valence-corrected chi connectivity index (χ3v) is 3.27. The lowest BCUT2D eigenvalue weighted by Crippen LogP contribution is -2.33. The van der Waals surface area contributed by atoms with Gasteiger partial charge < -0.3 is 15.4 Å². The molecule has 22 heavy (non-hydrogen) atoms. The summed E-state index contributed by atoms with van der Waals surface area (Å²) in [7, 11) is 0. The molecule has 1 amide bonds. The smallest absolute Gasteiger partial charge is 0.239 e. The number of carbonyl (C=O) groups is 1. The average Bonchev–Trinajstić information content (AvgIpc) is 2.53. The molecule has 0 unspecified atom stereocenters. The van der Waals surface area contributed by atoms with E-state index in [-0.39, 0.29) is 12.5 Å². The molecule has 0 bridgehead atoms. The molecule has 2 N–H and O–H groups in total. The minimum Gasteiger partial charge on any atom is -0.492 e. The zero-order valence-electron chi connectivity index (χ0n) is 13.1. The number of hydrogen-bond donors (Lipinski definition) is 2. The Balaban J connectivity index is 1.67. The highest BCUT2D eigenvalue weighted by atomic mass is 16.5. The molecule has 0 spiro atoms. The van der Waals surface area contributed by atoms with E-state index >= 15 is 0 Å². The zero-order valence-corrected chi connectivity index (χ0v) is 13.1. The number of carbonyl (C=O) groups excluding carboxylic acids is 1. The van der Waals surface area contributed by atoms with Crippen molar-refractivity contribution in [3.63, 3.8) is 0 Å². The van der Waals surface area contributed by atoms with Gasteiger partial charge in [0.05, 0.1) is 13.1 Å². The molecule has 0 aliphatic carbocycles. The Morgan fingerprint density at radius 2 is 1.86 bits per heavy atom. The van der Waals surface area contributed by atoms with Crippen LogP contribution in [-0.4, -0.2) is 25.6 Å². The van der Waals surface area contributed by atoms with Gasteiger partial charge in [-0.05, 0) is 43.2 Å². The maximum absolute atomic E-state index is 11.8. The van der Waals surface area contributed by atoms with E-state index in [1.54, 1.807) is 0 Å². The molecule has 4 nitrogen and oxygen atoms in total. The highest BCUT2D eigenvalue weighted by molar-refractivity contribution is 5.80. The molecule has 4 heteroatoms. The van der Waals surface area contributed by atoms with Gasteiger partial charge in [-0.3, -0.25) is 4.79 Å². The molecule has 0 aromatic heterocycles. The SMILES string of the molecule is Cc1ccc(C)c(NCC(=O)NCCOc2ccccc2)c1. The summed E-state index contributed by atoms with van der Waals surface area (Å²) in [6.45, 7) is 5.26. The van der Waals surface area contributed by atoms with Gasteiger partial charge in [-0.2, -0.15) is 0 Å². The number of rotatable bonds is 7. The van der Waals surface area contributed by atoms with Gasteiger partial charge >= 0.3 is 0 Å². The number of para-hydroxylation sites is 1. The van der Waals surface area contributed by atoms with Crippen molar-refractivity contribution in [3.05, 3.63) is 59.7 Å². The largest absolute Gasteiger partial charge is 0.492 e. The van der Waals surface area contributed by atoms with Crippen LogP contribution in [0.3, 0.4) is 0 Å². The van der Waals surface area contributed by atoms with E-state index in [0.29, 0.717) is 13.2 Å². The Labute approximate surface area is 131 Å². The quantitative estimate of drug-likeness (QED) is 0.773. The van der Waals surface area contributed by atoms with Crippen LogP contribution in [0.15, 0.2) is 48.5 Å². The van der Waals surface area contributed by atoms with Crippen LogP contribution in [0.25, 0.3) is 0 Å². The fourth-order valence-corrected chi connectivity index (χ4v) is 2.04. The summed E-state index contributed by atoms with van der Waals surface area (Å²) in [4.78, 5) is 11.8. The molecule has 2 aromatic carbocycles. The molecule has 0 heterocycles. The van der Waals surface area contributed by atoms with Crippen molar-refractivity contribution in [3.8, 4) is 5.75 Å². The number of aryl methyl sites for hydroxylation is 2. The van der Waals surface area contributed by atoms with E-state index in [0.717, 1.165) is 17.0 Å². The van der Waals surface area contributed by atoms with Crippen molar-refractivity contribution in [2.24, 2.45) is 0 Å². The first-order valence-electron chi connectivity index (χ1n) is 7.41. The first kappa shape index (κ1) is 15.9. The third kappa shape index (κ3) is 5.13. The number of hydrogen-bond acceptors (Lipinski definition) is 3. The predicted octanol–water partition coefficient (Wildman–Crippen LogP) is 2.91. The van der Waals surface area contributed by atoms with Crippen molar-refractivity contribution in [1.29, 1.82) is 0 Å². The number of benzene rings is 2. The molecule has 0 radical (unpaired) electrons. The summed E-state index contributed by atoms with van der Waals surface area (Å²) in [5, 5.41) is 5.99. The monoisotopic (exact) mass is 298 g/mol. The first-order chi connectivity index (χ1) is 10.6. The summed E-state index contributed by atoms with van der Waals surface area (Å²) in [6.07, 6.45) is 0. The maximum atomic E-state index is 11.8. The average molecular weight is 298 g/mol. The Morgan fingerprint density at radius 3 is 2.64 bits per heavy atom. The normalized spacial score (nSPS) is 10.1. The molecule has 0 saturated carbocycles. The van der Waals surface area contributed by atoms with Gasteiger partial charge in [0.15, 0.2) is 0 Å². The highest BCUT2D eigenvalue weighted by Gasteiger charge is 2.03. The van der Waals surface area contributed by atoms with E-state index in [1.807, 2.05) is 56.3 Å². The van der Waals surface area contributed by atoms with Gasteiger partial charge in [0.2, 0.25) is 5.91 Å². The van der Waals surface area contributed by atoms with Crippen molar-refractivity contribution in [2.45, 2.75) is 13.8 Å². The Hall–Kier alpha value is -2.49. The van der Waals surface area contributed by atoms with E-state index < -0.39 is 0 Å². The molecule has 0 aliphatic rings. The summed E-state index contributed by atoms with van der Waals surface area (Å²) >= 11 is 0. The van der Waals surface area contributed by atoms with Crippen molar-refractivity contribution < 1.29 is 9.53 Å². The molecule has 0 saturated heterocycles. The number of amides is 1. The second-order valence-corrected chi connectivity index (χ2v) is 5.18. The van der Waals surface area contributed by atoms with E-state index in [4.69, 9.17) is 4.74 Å². The number of anilines is 1. The minimum absolute atomic E-state index is 0.0439. The molecular weight excluding hydrogens is 276 g/mol. The molecule has 116 valence electrons. The Bertz CT molecular complexity index is 612. The lowest BCUT2D eigenvalue weighted by Gasteiger charge is -2.11. The van der Waals surface area contributed by atoms with Crippen LogP contribution in [0.1, 0.15) is 11.1 Å². The molecule has 2 rings (SSSR count). The zero-order chi connectivity index (χ0) is 15.8. The summed E-state index contributed by atoms with van der Waals surface area (Å²) in [5.41, 5.74) is 3.30. The minimum atomic E-state index is -0.0439. The van der Waals surface area contributed by atoms with Crippen LogP contribution in [-0.2, 0) is 4.79 Å². The van der Waals surface area contributed by atoms with Crippen LogP contribution in [0, 0.1) is 13.8 Å². The molecule has 0 aliphatic heterocycles. The van der Waals surface area contributed by atoms with Gasteiger partial charge in [0.1, 0.15) is 12.4 Å². The van der Waals surface area contributed by atoms with E-state index in [9.17, 15) is 4.79 Å². The van der Waals surface area contributed by atoms with Gasteiger partial charge in [-0.1, -0.05) is 30.3 Å². The third-order valence-electron chi connectivity index (χ3n) is 3.27. The maximum Gasteiger partial charge on any atom is 0.239 e. The summed E-state index contributed by atoms with van der Waals surface area (Å²) < 4.78 is 5.52. The lowest BCUT2D eigenvalue weighted by atomic mass is 10.1. The molecule has 0 fully saturated rings. The predicted molar refractivity (Wildman–Crippen MR) is 89.4 cm³/mol. The van der Waals surface area contributed by atoms with E-state index in [2.05, 4.69) is 16.7 Å². The van der Waals surface area contributed by atoms with Crippen LogP contribution < -0.4 is 15.4 Å². The molecular formula is C18H22N2O2. The topological polar surface area (TPSA) is 50.4 Å². The summed E-state index contributed by atoms with van der Waals surface area (Å²) in [5.74, 6) is 0.767. The Morgan fingerprint density at radius 1 is 1.09 bits per heavy atom. The van der Waals surface area contributed by atoms with Crippen LogP contribution in [0.4, 0.5) is 5.69 Å². The van der Waals surface area contributed by atoms with Gasteiger partial charge in [0.25, 0.3) is 0 Å². The van der Waals surface area contributed by atoms with Crippen molar-refractivity contribution in [1.82, 2.24) is 5.32 Å². The van der Waals surface area contributed by atoms with Crippen molar-refractivity contribution in [2.75, 3.05) is 25.0 Å². The van der Waals surface area contributed by atoms with Crippen LogP contribution >= 0.6 is 0 Å². The van der Waals surface area contributed by atoms with Crippen molar-refractivity contribution >= 4 is 11.6 Å². The van der Waals surface area contributed by atoms with Crippen LogP contribution in [0.5, 0.6) is 5.75 Å². The fourth-order valence-electron chi connectivity index (χ4n) is 2.04. The second-order valence-electron chi connectivity index (χ2n) is 5.18. The summed E-state index contributed by atoms with van der Waals surface area (Å²) in [6, 6.07) is 15.7. The Kier molecular flexibility index (Phi) is 5.83. The van der Waals surface area contributed by atoms with Gasteiger partial charge in [-0.15, -0.1) is 0 Å². The second kappa shape index (κ2) is 8.08. The number of ether oxygens (including phenoxy) is 1.